The molecule has 1 unspecified atom stereocenters. The Bertz CT molecular complexity index is 1740. The summed E-state index contributed by atoms with van der Waals surface area (Å²) in [6.07, 6.45) is 14.1. The zero-order valence-corrected chi connectivity index (χ0v) is 37.4. The van der Waals surface area contributed by atoms with Crippen LogP contribution in [0.5, 0.6) is 0 Å². The largest absolute Gasteiger partial charge is 0.481 e. The van der Waals surface area contributed by atoms with Crippen molar-refractivity contribution < 1.29 is 37.4 Å². The third kappa shape index (κ3) is 6.23. The van der Waals surface area contributed by atoms with Crippen LogP contribution < -0.4 is 5.32 Å². The highest BCUT2D eigenvalue weighted by Gasteiger charge is 2.72. The van der Waals surface area contributed by atoms with Crippen LogP contribution in [0.4, 0.5) is 0 Å². The maximum Gasteiger partial charge on any atom is 0.324 e. The summed E-state index contributed by atoms with van der Waals surface area (Å²) in [5.41, 5.74) is 0.0701. The lowest BCUT2D eigenvalue weighted by molar-refractivity contribution is -0.250. The summed E-state index contributed by atoms with van der Waals surface area (Å²) in [6.45, 7) is 20.2. The summed E-state index contributed by atoms with van der Waals surface area (Å²) in [7, 11) is -1.62. The first-order valence-electron chi connectivity index (χ1n) is 22.7. The number of aliphatic carboxylic acids is 1. The number of carbonyl (C=O) groups is 3. The van der Waals surface area contributed by atoms with E-state index in [-0.39, 0.29) is 62.7 Å². The third-order valence-electron chi connectivity index (χ3n) is 20.4. The smallest absolute Gasteiger partial charge is 0.324 e. The molecule has 7 saturated carbocycles. The van der Waals surface area contributed by atoms with Crippen LogP contribution in [0.1, 0.15) is 139 Å². The molecule has 57 heavy (non-hydrogen) atoms. The van der Waals surface area contributed by atoms with E-state index in [9.17, 15) is 27.9 Å². The Morgan fingerprint density at radius 1 is 0.754 bits per heavy atom. The van der Waals surface area contributed by atoms with E-state index in [2.05, 4.69) is 46.9 Å². The van der Waals surface area contributed by atoms with Crippen molar-refractivity contribution in [2.24, 2.45) is 73.9 Å². The van der Waals surface area contributed by atoms with Crippen LogP contribution in [0.25, 0.3) is 0 Å². The standard InChI is InChI=1S/C46H74N2O8S/c1-40(2)30(37(49)50)26-31(40)38(51)56-35-14-15-43(6)33(41(35,3)4)13-16-45(8)34(43)11-10-29-36-28(42(5)18-19-42)12-17-46(36,21-20-44(29,45)7)47-27-32(39(52)55-9)48-22-24-57(53,54)25-23-48/h28-36,47H,10-27H2,1-9H3,(H,49,50)/t28?,29-,30+,31-,32-,33+,34-,35+,36-,43+,44-,45-,46+/m1/s1. The lowest BCUT2D eigenvalue weighted by atomic mass is 9.32. The fraction of sp³-hybridized carbons (Fsp3) is 0.935. The molecule has 0 spiro atoms. The minimum atomic E-state index is -3.07. The second-order valence-corrected chi connectivity index (χ2v) is 25.3. The summed E-state index contributed by atoms with van der Waals surface area (Å²) in [6, 6.07) is -0.493. The van der Waals surface area contributed by atoms with E-state index in [4.69, 9.17) is 9.47 Å². The molecule has 0 aromatic carbocycles. The van der Waals surface area contributed by atoms with Crippen molar-refractivity contribution in [1.82, 2.24) is 10.2 Å². The Kier molecular flexibility index (Phi) is 10.0. The van der Waals surface area contributed by atoms with E-state index in [0.29, 0.717) is 61.1 Å². The Hall–Kier alpha value is -1.72. The number of hydrogen-bond acceptors (Lipinski definition) is 9. The molecule has 8 aliphatic rings. The molecule has 8 rings (SSSR count). The minimum Gasteiger partial charge on any atom is -0.481 e. The van der Waals surface area contributed by atoms with E-state index in [1.165, 1.54) is 52.1 Å². The lowest BCUT2D eigenvalue weighted by Crippen LogP contribution is -2.69. The molecule has 11 heteroatoms. The van der Waals surface area contributed by atoms with Gasteiger partial charge in [0.2, 0.25) is 0 Å². The first-order valence-corrected chi connectivity index (χ1v) is 24.5. The van der Waals surface area contributed by atoms with Crippen molar-refractivity contribution >= 4 is 27.7 Å². The number of carboxylic acids is 1. The number of hydrogen-bond donors (Lipinski definition) is 2. The molecule has 1 aliphatic heterocycles. The van der Waals surface area contributed by atoms with Gasteiger partial charge in [-0.25, -0.2) is 8.42 Å². The van der Waals surface area contributed by atoms with Crippen LogP contribution in [-0.4, -0.2) is 92.3 Å². The average Bonchev–Trinajstić information content (AvgIpc) is 3.75. The SMILES string of the molecule is COC(=O)[C@@H](CN[C@]12CCC(C3(C)CC3)[C@@H]1[C@H]1CC[C@@H]3[C@@]4(C)CC[C@H](OC(=O)[C@H]5C[C@@H](C(=O)O)C5(C)C)C(C)(C)[C@@H]4CC[C@@]3(C)[C@]1(C)CC2)N1CCS(=O)(=O)CC1. The molecule has 1 heterocycles. The number of rotatable bonds is 9. The van der Waals surface area contributed by atoms with Crippen LogP contribution >= 0.6 is 0 Å². The highest BCUT2D eigenvalue weighted by Crippen LogP contribution is 2.78. The number of esters is 2. The molecule has 0 radical (unpaired) electrons. The van der Waals surface area contributed by atoms with Crippen molar-refractivity contribution in [1.29, 1.82) is 0 Å². The van der Waals surface area contributed by atoms with Gasteiger partial charge >= 0.3 is 17.9 Å². The first kappa shape index (κ1) is 42.0. The van der Waals surface area contributed by atoms with Crippen molar-refractivity contribution in [3.05, 3.63) is 0 Å². The van der Waals surface area contributed by atoms with E-state index in [0.717, 1.165) is 32.1 Å². The minimum absolute atomic E-state index is 0.0394. The van der Waals surface area contributed by atoms with Gasteiger partial charge in [0, 0.05) is 30.6 Å². The van der Waals surface area contributed by atoms with Crippen LogP contribution in [0.3, 0.4) is 0 Å². The van der Waals surface area contributed by atoms with Gasteiger partial charge in [-0.1, -0.05) is 55.4 Å². The number of nitrogens with one attached hydrogen (secondary N) is 1. The number of sulfone groups is 1. The predicted octanol–water partition coefficient (Wildman–Crippen LogP) is 7.14. The van der Waals surface area contributed by atoms with E-state index in [1.54, 1.807) is 0 Å². The second-order valence-electron chi connectivity index (χ2n) is 23.0. The Morgan fingerprint density at radius 2 is 1.44 bits per heavy atom. The molecule has 0 amide bonds. The Morgan fingerprint density at radius 3 is 2.05 bits per heavy atom. The molecule has 0 aromatic rings. The third-order valence-corrected chi connectivity index (χ3v) is 22.0. The number of methoxy groups -OCH3 is 1. The first-order chi connectivity index (χ1) is 26.5. The Labute approximate surface area is 343 Å². The molecular weight excluding hydrogens is 741 g/mol. The zero-order valence-electron chi connectivity index (χ0n) is 36.6. The molecule has 8 fully saturated rings. The van der Waals surface area contributed by atoms with Gasteiger partial charge in [0.25, 0.3) is 0 Å². The van der Waals surface area contributed by atoms with Crippen molar-refractivity contribution in [3.63, 3.8) is 0 Å². The van der Waals surface area contributed by atoms with Gasteiger partial charge in [-0.2, -0.15) is 0 Å². The molecule has 1 saturated heterocycles. The molecule has 0 aromatic heterocycles. The maximum atomic E-state index is 13.7. The fourth-order valence-corrected chi connectivity index (χ4v) is 17.5. The van der Waals surface area contributed by atoms with E-state index >= 15 is 0 Å². The second kappa shape index (κ2) is 13.6. The maximum absolute atomic E-state index is 13.7. The summed E-state index contributed by atoms with van der Waals surface area (Å²) in [4.78, 5) is 40.8. The van der Waals surface area contributed by atoms with Gasteiger partial charge in [0.15, 0.2) is 9.84 Å². The topological polar surface area (TPSA) is 139 Å². The van der Waals surface area contributed by atoms with Crippen molar-refractivity contribution in [2.75, 3.05) is 38.2 Å². The van der Waals surface area contributed by atoms with Crippen LogP contribution in [0.2, 0.25) is 0 Å². The quantitative estimate of drug-likeness (QED) is 0.231. The van der Waals surface area contributed by atoms with Gasteiger partial charge in [0.05, 0.1) is 30.5 Å². The molecule has 2 N–H and O–H groups in total. The van der Waals surface area contributed by atoms with Gasteiger partial charge < -0.3 is 19.9 Å². The number of carbonyl (C=O) groups excluding carboxylic acids is 2. The Balaban J connectivity index is 1.03. The summed E-state index contributed by atoms with van der Waals surface area (Å²) in [5, 5.41) is 13.8. The zero-order chi connectivity index (χ0) is 41.4. The van der Waals surface area contributed by atoms with Crippen molar-refractivity contribution in [3.8, 4) is 0 Å². The lowest BCUT2D eigenvalue weighted by Gasteiger charge is -2.73. The molecule has 0 bridgehead atoms. The molecule has 322 valence electrons. The van der Waals surface area contributed by atoms with E-state index < -0.39 is 33.2 Å². The number of fused-ring (bicyclic) bond motifs is 7. The highest BCUT2D eigenvalue weighted by atomic mass is 32.2. The summed E-state index contributed by atoms with van der Waals surface area (Å²) >= 11 is 0. The number of ether oxygens (including phenoxy) is 2. The van der Waals surface area contributed by atoms with Crippen LogP contribution in [0, 0.1) is 73.9 Å². The highest BCUT2D eigenvalue weighted by molar-refractivity contribution is 7.91. The van der Waals surface area contributed by atoms with E-state index in [1.807, 2.05) is 18.7 Å². The van der Waals surface area contributed by atoms with Crippen LogP contribution in [0.15, 0.2) is 0 Å². The van der Waals surface area contributed by atoms with Gasteiger partial charge in [0.1, 0.15) is 12.1 Å². The molecule has 7 aliphatic carbocycles. The summed E-state index contributed by atoms with van der Waals surface area (Å²) in [5.74, 6) is 0.812. The monoisotopic (exact) mass is 815 g/mol. The fourth-order valence-electron chi connectivity index (χ4n) is 16.2. The van der Waals surface area contributed by atoms with Gasteiger partial charge in [-0.15, -0.1) is 0 Å². The molecular formula is C46H74N2O8S. The van der Waals surface area contributed by atoms with Crippen LogP contribution in [-0.2, 0) is 33.7 Å². The van der Waals surface area contributed by atoms with Gasteiger partial charge in [-0.05, 0) is 140 Å². The molecule has 10 nitrogen and oxygen atoms in total. The normalized spacial score (nSPS) is 46.8. The number of carboxylic acid groups (broad SMARTS) is 1. The average molecular weight is 815 g/mol. The molecule has 13 atom stereocenters. The van der Waals surface area contributed by atoms with Gasteiger partial charge in [-0.3, -0.25) is 19.3 Å². The summed E-state index contributed by atoms with van der Waals surface area (Å²) < 4.78 is 36.4. The predicted molar refractivity (Wildman–Crippen MR) is 219 cm³/mol. The van der Waals surface area contributed by atoms with Crippen molar-refractivity contribution in [2.45, 2.75) is 157 Å². The number of nitrogens with zero attached hydrogens (tertiary/aromatic N) is 1.